The summed E-state index contributed by atoms with van der Waals surface area (Å²) >= 11 is 0. The molecule has 1 aliphatic rings. The van der Waals surface area contributed by atoms with Crippen LogP contribution >= 0.6 is 0 Å². The van der Waals surface area contributed by atoms with Crippen molar-refractivity contribution in [1.82, 2.24) is 9.97 Å². The smallest absolute Gasteiger partial charge is 0.347 e. The van der Waals surface area contributed by atoms with Crippen LogP contribution in [0.2, 0.25) is 0 Å². The van der Waals surface area contributed by atoms with E-state index in [9.17, 15) is 9.18 Å². The molecule has 0 amide bonds. The highest BCUT2D eigenvalue weighted by Gasteiger charge is 2.53. The van der Waals surface area contributed by atoms with Crippen molar-refractivity contribution in [2.24, 2.45) is 0 Å². The minimum atomic E-state index is -2.19. The van der Waals surface area contributed by atoms with Crippen molar-refractivity contribution in [2.45, 2.75) is 31.0 Å². The summed E-state index contributed by atoms with van der Waals surface area (Å²) < 4.78 is 34.6. The molecule has 8 heteroatoms. The van der Waals surface area contributed by atoms with E-state index in [-0.39, 0.29) is 24.2 Å². The molecule has 2 rings (SSSR count). The molecule has 0 radical (unpaired) electrons. The molecular weight excluding hydrogens is 283 g/mol. The normalized spacial score (nSPS) is 24.5. The van der Waals surface area contributed by atoms with Crippen LogP contribution in [-0.4, -0.2) is 49.0 Å². The van der Waals surface area contributed by atoms with E-state index in [2.05, 4.69) is 14.7 Å². The summed E-state index contributed by atoms with van der Waals surface area (Å²) in [5.41, 5.74) is -2.19. The van der Waals surface area contributed by atoms with Crippen LogP contribution < -0.4 is 14.2 Å². The van der Waals surface area contributed by atoms with E-state index >= 15 is 0 Å². The first-order chi connectivity index (χ1) is 10.0. The molecule has 1 aromatic heterocycles. The van der Waals surface area contributed by atoms with Gasteiger partial charge in [0, 0.05) is 0 Å². The zero-order chi connectivity index (χ0) is 15.5. The molecule has 1 aromatic rings. The molecule has 2 atom stereocenters. The van der Waals surface area contributed by atoms with E-state index in [1.165, 1.54) is 20.3 Å². The minimum absolute atomic E-state index is 0.0471. The van der Waals surface area contributed by atoms with Crippen LogP contribution in [0, 0.1) is 0 Å². The second-order valence-corrected chi connectivity index (χ2v) is 4.59. The number of hydrogen-bond acceptors (Lipinski definition) is 7. The Labute approximate surface area is 121 Å². The van der Waals surface area contributed by atoms with Crippen molar-refractivity contribution in [3.8, 4) is 17.8 Å². The third-order valence-electron chi connectivity index (χ3n) is 3.37. The maximum atomic E-state index is 14.7. The number of rotatable bonds is 5. The average Bonchev–Trinajstić information content (AvgIpc) is 2.88. The number of aromatic nitrogens is 2. The van der Waals surface area contributed by atoms with Crippen LogP contribution in [0.1, 0.15) is 19.3 Å². The first-order valence-corrected chi connectivity index (χ1v) is 6.44. The lowest BCUT2D eigenvalue weighted by Gasteiger charge is -2.24. The van der Waals surface area contributed by atoms with Crippen LogP contribution in [0.25, 0.3) is 0 Å². The van der Waals surface area contributed by atoms with Gasteiger partial charge in [0.15, 0.2) is 0 Å². The lowest BCUT2D eigenvalue weighted by atomic mass is 10.0. The number of alkyl halides is 1. The van der Waals surface area contributed by atoms with E-state index in [0.29, 0.717) is 12.8 Å². The Balaban J connectivity index is 2.22. The van der Waals surface area contributed by atoms with Crippen LogP contribution in [0.4, 0.5) is 4.39 Å². The second kappa shape index (κ2) is 6.11. The molecule has 1 fully saturated rings. The number of carbonyl (C=O) groups is 1. The number of methoxy groups -OCH3 is 3. The van der Waals surface area contributed by atoms with Crippen molar-refractivity contribution < 1.29 is 28.1 Å². The van der Waals surface area contributed by atoms with Crippen molar-refractivity contribution >= 4 is 5.97 Å². The Kier molecular flexibility index (Phi) is 4.44. The van der Waals surface area contributed by atoms with Crippen LogP contribution in [0.5, 0.6) is 17.8 Å². The number of esters is 1. The maximum Gasteiger partial charge on any atom is 0.347 e. The Bertz CT molecular complexity index is 505. The summed E-state index contributed by atoms with van der Waals surface area (Å²) in [5, 5.41) is 0. The van der Waals surface area contributed by atoms with Gasteiger partial charge in [0.1, 0.15) is 6.10 Å². The highest BCUT2D eigenvalue weighted by Crippen LogP contribution is 2.37. The zero-order valence-electron chi connectivity index (χ0n) is 12.1. The largest absolute Gasteiger partial charge is 0.481 e. The van der Waals surface area contributed by atoms with Gasteiger partial charge in [0.05, 0.1) is 27.4 Å². The molecule has 7 nitrogen and oxygen atoms in total. The van der Waals surface area contributed by atoms with Gasteiger partial charge in [-0.2, -0.15) is 9.97 Å². The number of hydrogen-bond donors (Lipinski definition) is 0. The molecule has 116 valence electrons. The van der Waals surface area contributed by atoms with Crippen molar-refractivity contribution in [3.05, 3.63) is 6.07 Å². The SMILES string of the molecule is COC(=O)C1(F)CCCC1Oc1nc(OC)cc(OC)n1. The van der Waals surface area contributed by atoms with Gasteiger partial charge < -0.3 is 18.9 Å². The molecular formula is C13H17FN2O5. The topological polar surface area (TPSA) is 79.8 Å². The Morgan fingerprint density at radius 3 is 2.43 bits per heavy atom. The molecule has 21 heavy (non-hydrogen) atoms. The van der Waals surface area contributed by atoms with Gasteiger partial charge in [-0.05, 0) is 19.3 Å². The predicted octanol–water partition coefficient (Wildman–Crippen LogP) is 1.31. The van der Waals surface area contributed by atoms with Gasteiger partial charge in [0.25, 0.3) is 0 Å². The fourth-order valence-corrected chi connectivity index (χ4v) is 2.26. The lowest BCUT2D eigenvalue weighted by Crippen LogP contribution is -2.45. The van der Waals surface area contributed by atoms with Gasteiger partial charge in [-0.1, -0.05) is 0 Å². The maximum absolute atomic E-state index is 14.7. The summed E-state index contributed by atoms with van der Waals surface area (Å²) in [6.45, 7) is 0. The highest BCUT2D eigenvalue weighted by molar-refractivity contribution is 5.80. The standard InChI is InChI=1S/C13H17FN2O5/c1-18-9-7-10(19-2)16-12(15-9)21-8-5-4-6-13(8,14)11(17)20-3/h7-8H,4-6H2,1-3H3. The summed E-state index contributed by atoms with van der Waals surface area (Å²) in [4.78, 5) is 19.5. The van der Waals surface area contributed by atoms with E-state index in [4.69, 9.17) is 14.2 Å². The van der Waals surface area contributed by atoms with Crippen LogP contribution in [0.15, 0.2) is 6.07 Å². The monoisotopic (exact) mass is 300 g/mol. The van der Waals surface area contributed by atoms with Crippen LogP contribution in [-0.2, 0) is 9.53 Å². The molecule has 2 unspecified atom stereocenters. The zero-order valence-corrected chi connectivity index (χ0v) is 12.1. The van der Waals surface area contributed by atoms with E-state index in [0.717, 1.165) is 7.11 Å². The van der Waals surface area contributed by atoms with Gasteiger partial charge in [-0.25, -0.2) is 9.18 Å². The number of halogens is 1. The quantitative estimate of drug-likeness (QED) is 0.758. The van der Waals surface area contributed by atoms with Crippen molar-refractivity contribution in [2.75, 3.05) is 21.3 Å². The fourth-order valence-electron chi connectivity index (χ4n) is 2.26. The molecule has 0 aromatic carbocycles. The molecule has 0 spiro atoms. The Morgan fingerprint density at radius 2 is 1.90 bits per heavy atom. The lowest BCUT2D eigenvalue weighted by molar-refractivity contribution is -0.159. The average molecular weight is 300 g/mol. The Hall–Kier alpha value is -2.12. The first-order valence-electron chi connectivity index (χ1n) is 6.44. The van der Waals surface area contributed by atoms with E-state index < -0.39 is 17.7 Å². The Morgan fingerprint density at radius 1 is 1.29 bits per heavy atom. The number of ether oxygens (including phenoxy) is 4. The van der Waals surface area contributed by atoms with Gasteiger partial charge in [0.2, 0.25) is 17.4 Å². The molecule has 0 N–H and O–H groups in total. The summed E-state index contributed by atoms with van der Waals surface area (Å²) in [7, 11) is 3.99. The van der Waals surface area contributed by atoms with Crippen molar-refractivity contribution in [3.63, 3.8) is 0 Å². The summed E-state index contributed by atoms with van der Waals surface area (Å²) in [6.07, 6.45) is -0.0705. The van der Waals surface area contributed by atoms with Gasteiger partial charge >= 0.3 is 12.0 Å². The fraction of sp³-hybridized carbons (Fsp3) is 0.615. The van der Waals surface area contributed by atoms with E-state index in [1.54, 1.807) is 0 Å². The molecule has 0 aliphatic heterocycles. The molecule has 0 saturated heterocycles. The summed E-state index contributed by atoms with van der Waals surface area (Å²) in [5.74, 6) is -0.505. The van der Waals surface area contributed by atoms with Gasteiger partial charge in [-0.15, -0.1) is 0 Å². The van der Waals surface area contributed by atoms with Gasteiger partial charge in [-0.3, -0.25) is 0 Å². The molecule has 1 heterocycles. The van der Waals surface area contributed by atoms with E-state index in [1.807, 2.05) is 0 Å². The molecule has 0 bridgehead atoms. The van der Waals surface area contributed by atoms with Crippen molar-refractivity contribution in [1.29, 1.82) is 0 Å². The highest BCUT2D eigenvalue weighted by atomic mass is 19.1. The predicted molar refractivity (Wildman–Crippen MR) is 69.3 cm³/mol. The molecule has 1 aliphatic carbocycles. The number of nitrogens with zero attached hydrogens (tertiary/aromatic N) is 2. The third kappa shape index (κ3) is 2.98. The third-order valence-corrected chi connectivity index (χ3v) is 3.37. The minimum Gasteiger partial charge on any atom is -0.481 e. The summed E-state index contributed by atoms with van der Waals surface area (Å²) in [6, 6.07) is 1.36. The van der Waals surface area contributed by atoms with Crippen LogP contribution in [0.3, 0.4) is 0 Å². The number of carbonyl (C=O) groups excluding carboxylic acids is 1. The first kappa shape index (κ1) is 15.3. The molecule has 1 saturated carbocycles. The second-order valence-electron chi connectivity index (χ2n) is 4.59.